The Morgan fingerprint density at radius 1 is 0.966 bits per heavy atom. The van der Waals surface area contributed by atoms with E-state index in [-0.39, 0.29) is 18.6 Å². The van der Waals surface area contributed by atoms with E-state index in [1.54, 1.807) is 11.3 Å². The van der Waals surface area contributed by atoms with Gasteiger partial charge in [-0.2, -0.15) is 11.3 Å². The highest BCUT2D eigenvalue weighted by Crippen LogP contribution is 2.33. The largest absolute Gasteiger partial charge is 0.326 e. The Morgan fingerprint density at radius 2 is 1.66 bits per heavy atom. The van der Waals surface area contributed by atoms with Crippen molar-refractivity contribution in [2.45, 2.75) is 18.5 Å². The number of carbonyl (C=O) groups excluding carboxylic acids is 2. The lowest BCUT2D eigenvalue weighted by atomic mass is 9.83. The highest BCUT2D eigenvalue weighted by Gasteiger charge is 2.52. The number of nitrogens with one attached hydrogen (secondary N) is 1. The second-order valence-electron chi connectivity index (χ2n) is 7.38. The number of imide groups is 1. The molecule has 29 heavy (non-hydrogen) atoms. The first-order valence-electron chi connectivity index (χ1n) is 9.52. The second kappa shape index (κ2) is 8.19. The lowest BCUT2D eigenvalue weighted by Gasteiger charge is -2.28. The minimum Gasteiger partial charge on any atom is -0.319 e. The van der Waals surface area contributed by atoms with Gasteiger partial charge in [-0.25, -0.2) is 9.69 Å². The average molecular weight is 406 g/mol. The molecule has 1 saturated heterocycles. The van der Waals surface area contributed by atoms with Crippen LogP contribution in [-0.4, -0.2) is 35.5 Å². The third-order valence-corrected chi connectivity index (χ3v) is 5.90. The number of thiophene rings is 1. The first kappa shape index (κ1) is 19.4. The van der Waals surface area contributed by atoms with E-state index in [0.717, 1.165) is 11.1 Å². The zero-order valence-electron chi connectivity index (χ0n) is 16.2. The third kappa shape index (κ3) is 3.95. The number of benzene rings is 2. The van der Waals surface area contributed by atoms with Crippen LogP contribution in [0.4, 0.5) is 4.79 Å². The van der Waals surface area contributed by atoms with Crippen LogP contribution in [0.1, 0.15) is 16.7 Å². The number of urea groups is 1. The van der Waals surface area contributed by atoms with Gasteiger partial charge in [-0.1, -0.05) is 60.7 Å². The fraction of sp³-hybridized carbons (Fsp3) is 0.217. The van der Waals surface area contributed by atoms with Crippen molar-refractivity contribution in [2.24, 2.45) is 0 Å². The van der Waals surface area contributed by atoms with Gasteiger partial charge in [0.2, 0.25) is 0 Å². The Hall–Kier alpha value is -2.96. The SMILES string of the molecule is CN(Cc1ccsc1)CN1C(=O)N[C@](Cc2ccccc2)(c2ccccc2)C1=O. The number of hydrogen-bond donors (Lipinski definition) is 1. The molecule has 0 spiro atoms. The van der Waals surface area contributed by atoms with Crippen LogP contribution in [-0.2, 0) is 23.3 Å². The smallest absolute Gasteiger partial charge is 0.319 e. The summed E-state index contributed by atoms with van der Waals surface area (Å²) in [5.41, 5.74) is 1.87. The van der Waals surface area contributed by atoms with Gasteiger partial charge in [0.05, 0.1) is 6.67 Å². The molecule has 3 aromatic rings. The average Bonchev–Trinajstić information content (AvgIpc) is 3.32. The molecule has 2 aromatic carbocycles. The van der Waals surface area contributed by atoms with E-state index in [1.807, 2.05) is 78.0 Å². The minimum absolute atomic E-state index is 0.213. The standard InChI is InChI=1S/C23H23N3O2S/c1-25(15-19-12-13-29-16-19)17-26-21(27)23(24-22(26)28,20-10-6-3-7-11-20)14-18-8-4-2-5-9-18/h2-13,16H,14-15,17H2,1H3,(H,24,28)/t23-/m1/s1. The third-order valence-electron chi connectivity index (χ3n) is 5.17. The maximum Gasteiger partial charge on any atom is 0.326 e. The fourth-order valence-electron chi connectivity index (χ4n) is 3.78. The van der Waals surface area contributed by atoms with Crippen LogP contribution in [0.5, 0.6) is 0 Å². The molecule has 2 heterocycles. The van der Waals surface area contributed by atoms with Gasteiger partial charge in [0.25, 0.3) is 5.91 Å². The van der Waals surface area contributed by atoms with Crippen molar-refractivity contribution >= 4 is 23.3 Å². The molecule has 0 bridgehead atoms. The van der Waals surface area contributed by atoms with Gasteiger partial charge < -0.3 is 5.32 Å². The summed E-state index contributed by atoms with van der Waals surface area (Å²) >= 11 is 1.64. The summed E-state index contributed by atoms with van der Waals surface area (Å²) in [6, 6.07) is 21.0. The summed E-state index contributed by atoms with van der Waals surface area (Å²) in [6.07, 6.45) is 0.410. The topological polar surface area (TPSA) is 52.6 Å². The number of nitrogens with zero attached hydrogens (tertiary/aromatic N) is 2. The van der Waals surface area contributed by atoms with Crippen molar-refractivity contribution in [3.8, 4) is 0 Å². The van der Waals surface area contributed by atoms with E-state index in [2.05, 4.69) is 16.8 Å². The first-order valence-corrected chi connectivity index (χ1v) is 10.5. The molecule has 5 nitrogen and oxygen atoms in total. The van der Waals surface area contributed by atoms with Crippen LogP contribution < -0.4 is 5.32 Å². The molecular formula is C23H23N3O2S. The molecule has 0 aliphatic carbocycles. The number of amides is 3. The summed E-state index contributed by atoms with van der Waals surface area (Å²) in [6.45, 7) is 0.918. The van der Waals surface area contributed by atoms with Crippen LogP contribution in [0, 0.1) is 0 Å². The van der Waals surface area contributed by atoms with Gasteiger partial charge in [-0.3, -0.25) is 9.69 Å². The molecule has 1 atom stereocenters. The maximum absolute atomic E-state index is 13.6. The maximum atomic E-state index is 13.6. The Bertz CT molecular complexity index is 976. The van der Waals surface area contributed by atoms with Crippen LogP contribution >= 0.6 is 11.3 Å². The van der Waals surface area contributed by atoms with E-state index in [1.165, 1.54) is 10.5 Å². The van der Waals surface area contributed by atoms with E-state index < -0.39 is 5.54 Å². The van der Waals surface area contributed by atoms with Crippen LogP contribution in [0.15, 0.2) is 77.5 Å². The Labute approximate surface area is 174 Å². The van der Waals surface area contributed by atoms with Crippen molar-refractivity contribution in [3.63, 3.8) is 0 Å². The molecule has 0 unspecified atom stereocenters. The predicted molar refractivity (Wildman–Crippen MR) is 114 cm³/mol. The highest BCUT2D eigenvalue weighted by atomic mass is 32.1. The van der Waals surface area contributed by atoms with Crippen LogP contribution in [0.25, 0.3) is 0 Å². The van der Waals surface area contributed by atoms with E-state index >= 15 is 0 Å². The normalized spacial score (nSPS) is 19.0. The number of carbonyl (C=O) groups is 2. The van der Waals surface area contributed by atoms with Gasteiger partial charge in [0, 0.05) is 13.0 Å². The second-order valence-corrected chi connectivity index (χ2v) is 8.16. The summed E-state index contributed by atoms with van der Waals surface area (Å²) in [5.74, 6) is -0.213. The Kier molecular flexibility index (Phi) is 5.47. The molecule has 1 fully saturated rings. The van der Waals surface area contributed by atoms with Crippen LogP contribution in [0.2, 0.25) is 0 Å². The molecule has 0 radical (unpaired) electrons. The number of hydrogen-bond acceptors (Lipinski definition) is 4. The summed E-state index contributed by atoms with van der Waals surface area (Å²) in [7, 11) is 1.91. The highest BCUT2D eigenvalue weighted by molar-refractivity contribution is 7.07. The Morgan fingerprint density at radius 3 is 2.31 bits per heavy atom. The van der Waals surface area contributed by atoms with Crippen LogP contribution in [0.3, 0.4) is 0 Å². The molecule has 3 amide bonds. The number of rotatable bonds is 7. The van der Waals surface area contributed by atoms with Gasteiger partial charge in [0.15, 0.2) is 5.54 Å². The molecule has 4 rings (SSSR count). The molecule has 1 aromatic heterocycles. The van der Waals surface area contributed by atoms with Crippen molar-refractivity contribution in [3.05, 3.63) is 94.2 Å². The van der Waals surface area contributed by atoms with Crippen molar-refractivity contribution in [2.75, 3.05) is 13.7 Å². The Balaban J connectivity index is 1.62. The van der Waals surface area contributed by atoms with Crippen molar-refractivity contribution in [1.29, 1.82) is 0 Å². The van der Waals surface area contributed by atoms with Gasteiger partial charge in [-0.05, 0) is 40.6 Å². The van der Waals surface area contributed by atoms with E-state index in [0.29, 0.717) is 13.0 Å². The molecule has 6 heteroatoms. The minimum atomic E-state index is -1.09. The van der Waals surface area contributed by atoms with Gasteiger partial charge >= 0.3 is 6.03 Å². The lowest BCUT2D eigenvalue weighted by Crippen LogP contribution is -2.46. The molecule has 148 valence electrons. The lowest BCUT2D eigenvalue weighted by molar-refractivity contribution is -0.133. The quantitative estimate of drug-likeness (QED) is 0.608. The fourth-order valence-corrected chi connectivity index (χ4v) is 4.44. The predicted octanol–water partition coefficient (Wildman–Crippen LogP) is 3.83. The zero-order valence-corrected chi connectivity index (χ0v) is 17.1. The van der Waals surface area contributed by atoms with Crippen molar-refractivity contribution < 1.29 is 9.59 Å². The first-order chi connectivity index (χ1) is 14.1. The molecule has 1 N–H and O–H groups in total. The van der Waals surface area contributed by atoms with Gasteiger partial charge in [0.1, 0.15) is 0 Å². The van der Waals surface area contributed by atoms with Gasteiger partial charge in [-0.15, -0.1) is 0 Å². The molecule has 1 aliphatic heterocycles. The molecule has 1 aliphatic rings. The monoisotopic (exact) mass is 405 g/mol. The molecule has 0 saturated carbocycles. The zero-order chi connectivity index (χ0) is 20.3. The molecular weight excluding hydrogens is 382 g/mol. The van der Waals surface area contributed by atoms with Crippen molar-refractivity contribution in [1.82, 2.24) is 15.1 Å². The van der Waals surface area contributed by atoms with E-state index in [4.69, 9.17) is 0 Å². The summed E-state index contributed by atoms with van der Waals surface area (Å²) in [5, 5.41) is 7.11. The summed E-state index contributed by atoms with van der Waals surface area (Å²) < 4.78 is 0. The summed E-state index contributed by atoms with van der Waals surface area (Å²) in [4.78, 5) is 29.8. The van der Waals surface area contributed by atoms with E-state index in [9.17, 15) is 9.59 Å².